The van der Waals surface area contributed by atoms with Crippen LogP contribution < -0.4 is 4.74 Å². The largest absolute Gasteiger partial charge is 0.487 e. The molecule has 1 aromatic carbocycles. The second-order valence-corrected chi connectivity index (χ2v) is 11.2. The van der Waals surface area contributed by atoms with Gasteiger partial charge in [0.1, 0.15) is 16.7 Å². The molecule has 1 aliphatic carbocycles. The Balaban J connectivity index is 1.74. The van der Waals surface area contributed by atoms with E-state index >= 15 is 0 Å². The molecule has 2 aromatic rings. The van der Waals surface area contributed by atoms with Crippen molar-refractivity contribution in [2.45, 2.75) is 43.7 Å². The van der Waals surface area contributed by atoms with Crippen molar-refractivity contribution in [2.24, 2.45) is 11.8 Å². The van der Waals surface area contributed by atoms with E-state index in [1.54, 1.807) is 37.5 Å². The Morgan fingerprint density at radius 2 is 2.03 bits per heavy atom. The number of ether oxygens (including phenoxy) is 1. The highest BCUT2D eigenvalue weighted by Gasteiger charge is 2.38. The van der Waals surface area contributed by atoms with Gasteiger partial charge in [-0.15, -0.1) is 0 Å². The summed E-state index contributed by atoms with van der Waals surface area (Å²) in [5, 5.41) is 9.77. The van der Waals surface area contributed by atoms with Gasteiger partial charge in [0.25, 0.3) is 0 Å². The summed E-state index contributed by atoms with van der Waals surface area (Å²) in [6.07, 6.45) is 5.85. The van der Waals surface area contributed by atoms with Crippen LogP contribution in [-0.2, 0) is 10.0 Å². The molecule has 4 rings (SSSR count). The molecule has 1 aliphatic heterocycles. The van der Waals surface area contributed by atoms with E-state index in [9.17, 15) is 13.5 Å². The Morgan fingerprint density at radius 1 is 1.25 bits per heavy atom. The number of aliphatic hydroxyl groups is 1. The molecule has 2 aliphatic rings. The third kappa shape index (κ3) is 4.98. The van der Waals surface area contributed by atoms with Crippen molar-refractivity contribution in [1.82, 2.24) is 14.2 Å². The molecular weight excluding hydrogens is 426 g/mol. The first-order chi connectivity index (χ1) is 15.3. The second kappa shape index (κ2) is 9.47. The van der Waals surface area contributed by atoms with E-state index in [0.29, 0.717) is 12.3 Å². The van der Waals surface area contributed by atoms with Gasteiger partial charge in [-0.25, -0.2) is 8.42 Å². The predicted molar refractivity (Wildman–Crippen MR) is 124 cm³/mol. The van der Waals surface area contributed by atoms with Crippen LogP contribution in [0, 0.1) is 11.8 Å². The minimum Gasteiger partial charge on any atom is -0.487 e. The Labute approximate surface area is 191 Å². The molecule has 0 amide bonds. The molecule has 0 saturated heterocycles. The summed E-state index contributed by atoms with van der Waals surface area (Å²) < 4.78 is 35.0. The molecule has 2 heterocycles. The highest BCUT2D eigenvalue weighted by molar-refractivity contribution is 7.89. The van der Waals surface area contributed by atoms with Gasteiger partial charge in [0.05, 0.1) is 6.61 Å². The van der Waals surface area contributed by atoms with E-state index < -0.39 is 16.1 Å². The third-order valence-electron chi connectivity index (χ3n) is 6.42. The van der Waals surface area contributed by atoms with Crippen LogP contribution in [0.25, 0.3) is 11.1 Å². The lowest BCUT2D eigenvalue weighted by Crippen LogP contribution is -2.49. The molecule has 1 saturated carbocycles. The summed E-state index contributed by atoms with van der Waals surface area (Å²) in [7, 11) is -1.73. The maximum atomic E-state index is 13.6. The lowest BCUT2D eigenvalue weighted by molar-refractivity contribution is 0.0741. The number of fused-ring (bicyclic) bond motifs is 1. The molecule has 1 fully saturated rings. The summed E-state index contributed by atoms with van der Waals surface area (Å²) in [6.45, 7) is 5.58. The number of aromatic nitrogens is 1. The molecule has 0 bridgehead atoms. The number of aliphatic hydroxyl groups excluding tert-OH is 1. The van der Waals surface area contributed by atoms with Gasteiger partial charge in [-0.3, -0.25) is 4.98 Å². The molecular formula is C24H33N3O4S. The maximum absolute atomic E-state index is 13.6. The topological polar surface area (TPSA) is 83.0 Å². The molecule has 0 radical (unpaired) electrons. The van der Waals surface area contributed by atoms with Crippen LogP contribution in [0.3, 0.4) is 0 Å². The van der Waals surface area contributed by atoms with Crippen LogP contribution in [0.2, 0.25) is 0 Å². The Bertz CT molecular complexity index is 1030. The molecule has 32 heavy (non-hydrogen) atoms. The zero-order valence-corrected chi connectivity index (χ0v) is 19.8. The zero-order valence-electron chi connectivity index (χ0n) is 19.0. The van der Waals surface area contributed by atoms with Gasteiger partial charge in [-0.2, -0.15) is 4.31 Å². The average molecular weight is 460 g/mol. The SMILES string of the molecule is C[C@H](CO)N1C[C@H](C)[C@@H](CN(C)CC2CC2)Oc2cc(-c3cccnc3)ccc2S1(=O)=O. The van der Waals surface area contributed by atoms with Crippen molar-refractivity contribution in [3.8, 4) is 16.9 Å². The molecule has 0 unspecified atom stereocenters. The predicted octanol–water partition coefficient (Wildman–Crippen LogP) is 2.86. The fourth-order valence-electron chi connectivity index (χ4n) is 4.28. The summed E-state index contributed by atoms with van der Waals surface area (Å²) >= 11 is 0. The molecule has 0 spiro atoms. The van der Waals surface area contributed by atoms with Crippen LogP contribution in [0.15, 0.2) is 47.6 Å². The Kier molecular flexibility index (Phi) is 6.86. The first-order valence-electron chi connectivity index (χ1n) is 11.3. The van der Waals surface area contributed by atoms with Gasteiger partial charge in [0.2, 0.25) is 10.0 Å². The molecule has 7 nitrogen and oxygen atoms in total. The zero-order chi connectivity index (χ0) is 22.9. The van der Waals surface area contributed by atoms with E-state index in [4.69, 9.17) is 4.74 Å². The molecule has 8 heteroatoms. The van der Waals surface area contributed by atoms with Gasteiger partial charge >= 0.3 is 0 Å². The number of hydrogen-bond donors (Lipinski definition) is 1. The first-order valence-corrected chi connectivity index (χ1v) is 12.8. The van der Waals surface area contributed by atoms with E-state index in [2.05, 4.69) is 16.9 Å². The maximum Gasteiger partial charge on any atom is 0.247 e. The standard InChI is InChI=1S/C24H33N3O4S/c1-17-13-27(18(2)16-28)32(29,30)24-9-8-20(21-5-4-10-25-12-21)11-22(24)31-23(17)15-26(3)14-19-6-7-19/h4-5,8-12,17-19,23,28H,6-7,13-16H2,1-3H3/t17-,18+,23+/m0/s1. The van der Waals surface area contributed by atoms with Crippen molar-refractivity contribution in [1.29, 1.82) is 0 Å². The van der Waals surface area contributed by atoms with Crippen molar-refractivity contribution in [3.05, 3.63) is 42.7 Å². The third-order valence-corrected chi connectivity index (χ3v) is 8.44. The van der Waals surface area contributed by atoms with E-state index in [-0.39, 0.29) is 23.5 Å². The quantitative estimate of drug-likeness (QED) is 0.686. The minimum absolute atomic E-state index is 0.0457. The van der Waals surface area contributed by atoms with Crippen LogP contribution in [-0.4, -0.2) is 73.1 Å². The fourth-order valence-corrected chi connectivity index (χ4v) is 6.11. The second-order valence-electron chi connectivity index (χ2n) is 9.31. The average Bonchev–Trinajstić information content (AvgIpc) is 3.59. The highest BCUT2D eigenvalue weighted by Crippen LogP contribution is 2.37. The van der Waals surface area contributed by atoms with Gasteiger partial charge in [0, 0.05) is 49.6 Å². The van der Waals surface area contributed by atoms with Gasteiger partial charge in [0.15, 0.2) is 0 Å². The summed E-state index contributed by atoms with van der Waals surface area (Å²) in [6, 6.07) is 8.48. The van der Waals surface area contributed by atoms with E-state index in [1.807, 2.05) is 19.1 Å². The van der Waals surface area contributed by atoms with Crippen molar-refractivity contribution >= 4 is 10.0 Å². The Morgan fingerprint density at radius 3 is 2.69 bits per heavy atom. The fraction of sp³-hybridized carbons (Fsp3) is 0.542. The number of sulfonamides is 1. The van der Waals surface area contributed by atoms with Gasteiger partial charge in [-0.1, -0.05) is 19.1 Å². The van der Waals surface area contributed by atoms with E-state index in [1.165, 1.54) is 17.1 Å². The highest BCUT2D eigenvalue weighted by atomic mass is 32.2. The lowest BCUT2D eigenvalue weighted by atomic mass is 10.0. The monoisotopic (exact) mass is 459 g/mol. The summed E-state index contributed by atoms with van der Waals surface area (Å²) in [5.74, 6) is 1.08. The van der Waals surface area contributed by atoms with Crippen LogP contribution in [0.5, 0.6) is 5.75 Å². The van der Waals surface area contributed by atoms with Crippen LogP contribution in [0.1, 0.15) is 26.7 Å². The van der Waals surface area contributed by atoms with Crippen molar-refractivity contribution in [2.75, 3.05) is 33.3 Å². The van der Waals surface area contributed by atoms with Gasteiger partial charge < -0.3 is 14.7 Å². The van der Waals surface area contributed by atoms with Gasteiger partial charge in [-0.05, 0) is 56.5 Å². The summed E-state index contributed by atoms with van der Waals surface area (Å²) in [5.41, 5.74) is 1.75. The number of hydrogen-bond acceptors (Lipinski definition) is 6. The molecule has 174 valence electrons. The number of nitrogens with zero attached hydrogens (tertiary/aromatic N) is 3. The van der Waals surface area contributed by atoms with Crippen LogP contribution >= 0.6 is 0 Å². The summed E-state index contributed by atoms with van der Waals surface area (Å²) in [4.78, 5) is 6.62. The van der Waals surface area contributed by atoms with E-state index in [0.717, 1.165) is 30.1 Å². The number of benzene rings is 1. The van der Waals surface area contributed by atoms with Crippen molar-refractivity contribution in [3.63, 3.8) is 0 Å². The first kappa shape index (κ1) is 23.2. The number of pyridine rings is 1. The van der Waals surface area contributed by atoms with Crippen molar-refractivity contribution < 1.29 is 18.3 Å². The number of rotatable bonds is 7. The molecule has 1 aromatic heterocycles. The Hall–Kier alpha value is -2.00. The smallest absolute Gasteiger partial charge is 0.247 e. The minimum atomic E-state index is -3.83. The molecule has 3 atom stereocenters. The normalized spacial score (nSPS) is 24.3. The lowest BCUT2D eigenvalue weighted by Gasteiger charge is -2.37. The van der Waals surface area contributed by atoms with Crippen LogP contribution in [0.4, 0.5) is 0 Å². The molecule has 1 N–H and O–H groups in total. The number of likely N-dealkylation sites (N-methyl/N-ethyl adjacent to an activating group) is 1.